The molecule has 3 N–H and O–H groups in total. The maximum Gasteiger partial charge on any atom is 0.273 e. The van der Waals surface area contributed by atoms with Gasteiger partial charge in [0.15, 0.2) is 11.5 Å². The smallest absolute Gasteiger partial charge is 0.273 e. The van der Waals surface area contributed by atoms with Gasteiger partial charge in [-0.2, -0.15) is 0 Å². The fourth-order valence-electron chi connectivity index (χ4n) is 2.73. The third-order valence-corrected chi connectivity index (χ3v) is 5.21. The maximum atomic E-state index is 12.5. The zero-order valence-electron chi connectivity index (χ0n) is 13.9. The normalized spacial score (nSPS) is 16.0. The number of amides is 1. The molecule has 9 heteroatoms. The average Bonchev–Trinajstić information content (AvgIpc) is 2.84. The highest BCUT2D eigenvalue weighted by molar-refractivity contribution is 7.16. The molecule has 1 aliphatic rings. The molecule has 0 bridgehead atoms. The summed E-state index contributed by atoms with van der Waals surface area (Å²) in [7, 11) is 0. The highest BCUT2D eigenvalue weighted by atomic mass is 32.1. The van der Waals surface area contributed by atoms with Crippen molar-refractivity contribution in [2.75, 3.05) is 11.9 Å². The Bertz CT molecular complexity index is 877. The number of nitrogens with zero attached hydrogens (tertiary/aromatic N) is 1. The van der Waals surface area contributed by atoms with Gasteiger partial charge >= 0.3 is 0 Å². The molecule has 0 radical (unpaired) electrons. The number of fused-ring (bicyclic) bond motifs is 1. The van der Waals surface area contributed by atoms with Crippen molar-refractivity contribution in [1.82, 2.24) is 5.32 Å². The summed E-state index contributed by atoms with van der Waals surface area (Å²) < 4.78 is 5.29. The van der Waals surface area contributed by atoms with Crippen LogP contribution in [0.3, 0.4) is 0 Å². The van der Waals surface area contributed by atoms with E-state index in [-0.39, 0.29) is 35.3 Å². The van der Waals surface area contributed by atoms with Crippen LogP contribution in [0.1, 0.15) is 39.5 Å². The van der Waals surface area contributed by atoms with Crippen LogP contribution in [0.4, 0.5) is 10.7 Å². The SMILES string of the molecule is CCOc1cc([N+](=O)[O-])cc(C2NC(=O)c3c(sc(C)c3C)N2)c1O. The third-order valence-electron chi connectivity index (χ3n) is 4.07. The van der Waals surface area contributed by atoms with Crippen molar-refractivity contribution in [1.29, 1.82) is 0 Å². The first-order valence-corrected chi connectivity index (χ1v) is 8.46. The molecule has 1 amide bonds. The van der Waals surface area contributed by atoms with E-state index in [1.54, 1.807) is 6.92 Å². The number of hydrogen-bond acceptors (Lipinski definition) is 7. The van der Waals surface area contributed by atoms with Gasteiger partial charge in [0.2, 0.25) is 0 Å². The molecule has 2 heterocycles. The van der Waals surface area contributed by atoms with Crippen LogP contribution in [-0.2, 0) is 0 Å². The molecular weight excluding hydrogens is 346 g/mol. The number of nitro benzene ring substituents is 1. The van der Waals surface area contributed by atoms with Crippen LogP contribution < -0.4 is 15.4 Å². The second kappa shape index (κ2) is 6.25. The highest BCUT2D eigenvalue weighted by Crippen LogP contribution is 2.42. The number of rotatable bonds is 4. The lowest BCUT2D eigenvalue weighted by Gasteiger charge is -2.27. The summed E-state index contributed by atoms with van der Waals surface area (Å²) in [5, 5.41) is 28.2. The average molecular weight is 363 g/mol. The van der Waals surface area contributed by atoms with Gasteiger partial charge in [0.1, 0.15) is 11.2 Å². The number of nitro groups is 1. The molecule has 3 rings (SSSR count). The molecular formula is C16H17N3O5S. The minimum absolute atomic E-state index is 0.00656. The lowest BCUT2D eigenvalue weighted by atomic mass is 10.0. The number of carbonyl (C=O) groups excluding carboxylic acids is 1. The van der Waals surface area contributed by atoms with E-state index >= 15 is 0 Å². The first-order valence-electron chi connectivity index (χ1n) is 7.65. The molecule has 8 nitrogen and oxygen atoms in total. The van der Waals surface area contributed by atoms with Gasteiger partial charge in [-0.3, -0.25) is 14.9 Å². The Labute approximate surface area is 147 Å². The molecule has 1 aliphatic heterocycles. The predicted molar refractivity (Wildman–Crippen MR) is 93.6 cm³/mol. The Kier molecular flexibility index (Phi) is 4.25. The Morgan fingerprint density at radius 1 is 1.36 bits per heavy atom. The number of non-ortho nitro benzene ring substituents is 1. The Balaban J connectivity index is 2.07. The first-order chi connectivity index (χ1) is 11.8. The standard InChI is InChI=1S/C16H17N3O5S/c1-4-24-11-6-9(19(22)23)5-10(13(11)20)14-17-15(21)12-7(2)8(3)25-16(12)18-14/h5-6,14,18,20H,4H2,1-3H3,(H,17,21). The van der Waals surface area contributed by atoms with Crippen LogP contribution in [0.25, 0.3) is 0 Å². The number of benzene rings is 1. The summed E-state index contributed by atoms with van der Waals surface area (Å²) in [5.41, 5.74) is 1.41. The van der Waals surface area contributed by atoms with E-state index in [4.69, 9.17) is 4.74 Å². The van der Waals surface area contributed by atoms with E-state index in [1.807, 2.05) is 13.8 Å². The van der Waals surface area contributed by atoms with E-state index in [0.717, 1.165) is 16.5 Å². The molecule has 2 aromatic rings. The lowest BCUT2D eigenvalue weighted by Crippen LogP contribution is -2.38. The van der Waals surface area contributed by atoms with Crippen molar-refractivity contribution >= 4 is 27.9 Å². The van der Waals surface area contributed by atoms with Crippen molar-refractivity contribution in [3.8, 4) is 11.5 Å². The van der Waals surface area contributed by atoms with Gasteiger partial charge in [0.05, 0.1) is 23.2 Å². The van der Waals surface area contributed by atoms with Crippen molar-refractivity contribution in [2.24, 2.45) is 0 Å². The molecule has 0 saturated carbocycles. The van der Waals surface area contributed by atoms with Crippen LogP contribution in [0, 0.1) is 24.0 Å². The summed E-state index contributed by atoms with van der Waals surface area (Å²) in [5.74, 6) is -0.518. The number of phenols is 1. The summed E-state index contributed by atoms with van der Waals surface area (Å²) in [6.45, 7) is 5.73. The summed E-state index contributed by atoms with van der Waals surface area (Å²) in [4.78, 5) is 24.1. The monoisotopic (exact) mass is 363 g/mol. The maximum absolute atomic E-state index is 12.5. The second-order valence-corrected chi connectivity index (χ2v) is 6.83. The van der Waals surface area contributed by atoms with Gasteiger partial charge in [-0.25, -0.2) is 0 Å². The number of phenolic OH excluding ortho intramolecular Hbond substituents is 1. The number of aryl methyl sites for hydroxylation is 1. The van der Waals surface area contributed by atoms with E-state index in [1.165, 1.54) is 17.4 Å². The van der Waals surface area contributed by atoms with E-state index < -0.39 is 11.1 Å². The topological polar surface area (TPSA) is 114 Å². The Hall–Kier alpha value is -2.81. The summed E-state index contributed by atoms with van der Waals surface area (Å²) in [6.07, 6.45) is -0.795. The molecule has 1 atom stereocenters. The zero-order valence-corrected chi connectivity index (χ0v) is 14.7. The van der Waals surface area contributed by atoms with Crippen LogP contribution in [0.15, 0.2) is 12.1 Å². The first kappa shape index (κ1) is 17.0. The molecule has 0 fully saturated rings. The molecule has 1 aromatic heterocycles. The minimum atomic E-state index is -0.795. The van der Waals surface area contributed by atoms with Crippen molar-refractivity contribution in [2.45, 2.75) is 26.9 Å². The van der Waals surface area contributed by atoms with Crippen molar-refractivity contribution in [3.63, 3.8) is 0 Å². The van der Waals surface area contributed by atoms with Crippen molar-refractivity contribution in [3.05, 3.63) is 43.8 Å². The van der Waals surface area contributed by atoms with Gasteiger partial charge in [0.25, 0.3) is 11.6 Å². The molecule has 0 aliphatic carbocycles. The Morgan fingerprint density at radius 3 is 2.72 bits per heavy atom. The fraction of sp³-hybridized carbons (Fsp3) is 0.312. The van der Waals surface area contributed by atoms with Crippen LogP contribution >= 0.6 is 11.3 Å². The number of anilines is 1. The van der Waals surface area contributed by atoms with Crippen LogP contribution in [-0.4, -0.2) is 22.5 Å². The minimum Gasteiger partial charge on any atom is -0.504 e. The van der Waals surface area contributed by atoms with Gasteiger partial charge < -0.3 is 20.5 Å². The van der Waals surface area contributed by atoms with Crippen LogP contribution in [0.2, 0.25) is 0 Å². The third kappa shape index (κ3) is 2.86. The molecule has 132 valence electrons. The largest absolute Gasteiger partial charge is 0.504 e. The molecule has 1 unspecified atom stereocenters. The molecule has 0 spiro atoms. The lowest BCUT2D eigenvalue weighted by molar-refractivity contribution is -0.385. The number of aromatic hydroxyl groups is 1. The number of nitrogens with one attached hydrogen (secondary N) is 2. The van der Waals surface area contributed by atoms with Crippen LogP contribution in [0.5, 0.6) is 11.5 Å². The van der Waals surface area contributed by atoms with E-state index in [9.17, 15) is 20.0 Å². The predicted octanol–water partition coefficient (Wildman–Crippen LogP) is 3.23. The summed E-state index contributed by atoms with van der Waals surface area (Å²) >= 11 is 1.43. The number of ether oxygens (including phenoxy) is 1. The Morgan fingerprint density at radius 2 is 2.08 bits per heavy atom. The highest BCUT2D eigenvalue weighted by Gasteiger charge is 2.32. The van der Waals surface area contributed by atoms with Gasteiger partial charge in [-0.15, -0.1) is 11.3 Å². The molecule has 0 saturated heterocycles. The zero-order chi connectivity index (χ0) is 18.3. The molecule has 25 heavy (non-hydrogen) atoms. The number of carbonyl (C=O) groups is 1. The van der Waals surface area contributed by atoms with Crippen molar-refractivity contribution < 1.29 is 19.6 Å². The quantitative estimate of drug-likeness (QED) is 0.568. The number of hydrogen-bond donors (Lipinski definition) is 3. The fourth-order valence-corrected chi connectivity index (χ4v) is 3.82. The molecule has 1 aromatic carbocycles. The summed E-state index contributed by atoms with van der Waals surface area (Å²) in [6, 6.07) is 2.39. The van der Waals surface area contributed by atoms with Gasteiger partial charge in [-0.1, -0.05) is 0 Å². The second-order valence-electron chi connectivity index (χ2n) is 5.61. The van der Waals surface area contributed by atoms with E-state index in [2.05, 4.69) is 10.6 Å². The van der Waals surface area contributed by atoms with Gasteiger partial charge in [0, 0.05) is 16.5 Å². The number of thiophene rings is 1. The van der Waals surface area contributed by atoms with E-state index in [0.29, 0.717) is 10.6 Å². The van der Waals surface area contributed by atoms with Gasteiger partial charge in [-0.05, 0) is 26.3 Å².